The Labute approximate surface area is 265 Å². The van der Waals surface area contributed by atoms with Crippen LogP contribution in [0.5, 0.6) is 0 Å². The summed E-state index contributed by atoms with van der Waals surface area (Å²) in [6.07, 6.45) is 0. The lowest BCUT2D eigenvalue weighted by atomic mass is 10.1. The maximum Gasteiger partial charge on any atom is 0.335 e. The number of rotatable bonds is 11. The number of aryl methyl sites for hydroxylation is 2. The zero-order valence-corrected chi connectivity index (χ0v) is 24.7. The van der Waals surface area contributed by atoms with Crippen LogP contribution >= 0.6 is 11.5 Å². The first kappa shape index (κ1) is 31.5. The summed E-state index contributed by atoms with van der Waals surface area (Å²) in [7, 11) is 0. The molecule has 47 heavy (non-hydrogen) atoms. The molecule has 5 aromatic rings. The topological polar surface area (TPSA) is 306 Å². The van der Waals surface area contributed by atoms with Crippen LogP contribution in [0.3, 0.4) is 0 Å². The maximum atomic E-state index is 11.6. The van der Waals surface area contributed by atoms with Gasteiger partial charge < -0.3 is 36.8 Å². The Kier molecular flexibility index (Phi) is 8.45. The van der Waals surface area contributed by atoms with E-state index in [-0.39, 0.29) is 68.1 Å². The Morgan fingerprint density at radius 2 is 1.19 bits per heavy atom. The largest absolute Gasteiger partial charge is 0.478 e. The molecule has 3 aromatic heterocycles. The fraction of sp³-hybridized carbons (Fsp3) is 0.0769. The van der Waals surface area contributed by atoms with Crippen molar-refractivity contribution >= 4 is 75.3 Å². The van der Waals surface area contributed by atoms with Gasteiger partial charge in [-0.05, 0) is 50.2 Å². The van der Waals surface area contributed by atoms with Gasteiger partial charge in [0.1, 0.15) is 5.82 Å². The predicted octanol–water partition coefficient (Wildman–Crippen LogP) is 3.80. The van der Waals surface area contributed by atoms with Gasteiger partial charge in [-0.25, -0.2) is 24.2 Å². The van der Waals surface area contributed by atoms with Crippen molar-refractivity contribution in [1.82, 2.24) is 34.1 Å². The summed E-state index contributed by atoms with van der Waals surface area (Å²) in [6, 6.07) is 6.48. The first-order valence-electron chi connectivity index (χ1n) is 12.9. The molecule has 0 amide bonds. The fourth-order valence-electron chi connectivity index (χ4n) is 3.96. The van der Waals surface area contributed by atoms with Gasteiger partial charge in [0.05, 0.1) is 27.9 Å². The highest BCUT2D eigenvalue weighted by Gasteiger charge is 2.20. The lowest BCUT2D eigenvalue weighted by molar-refractivity contribution is 0.0676. The minimum Gasteiger partial charge on any atom is -0.478 e. The van der Waals surface area contributed by atoms with E-state index in [0.29, 0.717) is 11.5 Å². The van der Waals surface area contributed by atoms with Crippen LogP contribution in [0.4, 0.5) is 39.9 Å². The number of carboxylic acids is 4. The molecular formula is C26H20N12O8S. The number of anilines is 5. The number of carbonyl (C=O) groups is 4. The number of aromatic nitrogens is 7. The quantitative estimate of drug-likeness (QED) is 0.0990. The van der Waals surface area contributed by atoms with Gasteiger partial charge in [-0.2, -0.15) is 29.1 Å². The second-order valence-corrected chi connectivity index (χ2v) is 10.1. The fourth-order valence-corrected chi connectivity index (χ4v) is 4.46. The molecule has 20 nitrogen and oxygen atoms in total. The number of hydrogen-bond acceptors (Lipinski definition) is 16. The molecule has 3 heterocycles. The Hall–Kier alpha value is -6.90. The highest BCUT2D eigenvalue weighted by molar-refractivity contribution is 7.09. The van der Waals surface area contributed by atoms with Crippen molar-refractivity contribution in [1.29, 1.82) is 0 Å². The van der Waals surface area contributed by atoms with Crippen molar-refractivity contribution in [2.75, 3.05) is 16.4 Å². The molecule has 0 unspecified atom stereocenters. The minimum atomic E-state index is -1.40. The van der Waals surface area contributed by atoms with Gasteiger partial charge in [-0.3, -0.25) is 0 Å². The second kappa shape index (κ2) is 12.6. The third kappa shape index (κ3) is 7.09. The number of carboxylic acid groups (broad SMARTS) is 4. The number of nitrogens with zero attached hydrogens (tertiary/aromatic N) is 9. The van der Waals surface area contributed by atoms with Crippen molar-refractivity contribution in [3.05, 3.63) is 70.2 Å². The number of aromatic carboxylic acids is 4. The van der Waals surface area contributed by atoms with Gasteiger partial charge in [0.2, 0.25) is 17.0 Å². The van der Waals surface area contributed by atoms with E-state index in [9.17, 15) is 39.6 Å². The molecule has 0 atom stereocenters. The summed E-state index contributed by atoms with van der Waals surface area (Å²) in [4.78, 5) is 63.5. The summed E-state index contributed by atoms with van der Waals surface area (Å²) in [5.74, 6) is -5.94. The van der Waals surface area contributed by atoms with E-state index < -0.39 is 23.9 Å². The molecule has 0 bridgehead atoms. The number of nitrogens with one attached hydrogen (secondary N) is 2. The molecule has 0 aliphatic rings. The Morgan fingerprint density at radius 1 is 0.723 bits per heavy atom. The highest BCUT2D eigenvalue weighted by Crippen LogP contribution is 2.31. The standard InChI is InChI=1S/C26H20N12O8S/c1-9-17(34-35-26-28-10(2)37-47-26)18(27)38(36-9)25-32-23(29-15-5-11(19(39)40)3-12(6-15)20(41)42)31-24(33-25)30-16-7-13(21(43)44)4-14(8-16)22(45)46/h3-8H,27H2,1-2H3,(H,39,40)(H,41,42)(H,43,44)(H,45,46)(H2,29,30,31,32,33). The van der Waals surface area contributed by atoms with Crippen molar-refractivity contribution in [3.63, 3.8) is 0 Å². The highest BCUT2D eigenvalue weighted by atomic mass is 32.1. The van der Waals surface area contributed by atoms with Gasteiger partial charge in [0.15, 0.2) is 11.5 Å². The van der Waals surface area contributed by atoms with Crippen LogP contribution in [0.1, 0.15) is 53.0 Å². The number of azo groups is 1. The van der Waals surface area contributed by atoms with Crippen molar-refractivity contribution in [2.24, 2.45) is 10.2 Å². The number of benzene rings is 2. The second-order valence-electron chi connectivity index (χ2n) is 9.41. The van der Waals surface area contributed by atoms with E-state index in [0.717, 1.165) is 52.6 Å². The summed E-state index contributed by atoms with van der Waals surface area (Å²) < 4.78 is 5.11. The lowest BCUT2D eigenvalue weighted by Gasteiger charge is -2.12. The van der Waals surface area contributed by atoms with E-state index in [1.165, 1.54) is 0 Å². The average Bonchev–Trinajstić information content (AvgIpc) is 3.56. The molecule has 0 fully saturated rings. The van der Waals surface area contributed by atoms with Gasteiger partial charge in [-0.15, -0.1) is 10.2 Å². The molecule has 0 aliphatic carbocycles. The van der Waals surface area contributed by atoms with E-state index in [1.54, 1.807) is 13.8 Å². The molecule has 0 saturated heterocycles. The van der Waals surface area contributed by atoms with Gasteiger partial charge >= 0.3 is 23.9 Å². The monoisotopic (exact) mass is 660 g/mol. The maximum absolute atomic E-state index is 11.6. The number of nitrogens with two attached hydrogens (primary N) is 1. The molecule has 21 heteroatoms. The van der Waals surface area contributed by atoms with Crippen LogP contribution < -0.4 is 16.4 Å². The molecule has 5 rings (SSSR count). The van der Waals surface area contributed by atoms with Crippen molar-refractivity contribution in [3.8, 4) is 5.95 Å². The summed E-state index contributed by atoms with van der Waals surface area (Å²) >= 11 is 1.01. The van der Waals surface area contributed by atoms with Gasteiger partial charge in [0, 0.05) is 22.9 Å². The molecule has 0 radical (unpaired) electrons. The van der Waals surface area contributed by atoms with Crippen LogP contribution in [0.15, 0.2) is 46.6 Å². The smallest absolute Gasteiger partial charge is 0.335 e. The van der Waals surface area contributed by atoms with Gasteiger partial charge in [-0.1, -0.05) is 0 Å². The van der Waals surface area contributed by atoms with E-state index in [1.807, 2.05) is 0 Å². The van der Waals surface area contributed by atoms with Crippen LogP contribution in [0.2, 0.25) is 0 Å². The van der Waals surface area contributed by atoms with Crippen LogP contribution in [0, 0.1) is 13.8 Å². The summed E-state index contributed by atoms with van der Waals surface area (Å²) in [6.45, 7) is 3.27. The van der Waals surface area contributed by atoms with Gasteiger partial charge in [0.25, 0.3) is 5.95 Å². The Morgan fingerprint density at radius 3 is 1.60 bits per heavy atom. The zero-order valence-electron chi connectivity index (χ0n) is 23.9. The van der Waals surface area contributed by atoms with E-state index in [2.05, 4.69) is 50.3 Å². The number of hydrogen-bond donors (Lipinski definition) is 7. The third-order valence-electron chi connectivity index (χ3n) is 6.00. The van der Waals surface area contributed by atoms with E-state index >= 15 is 0 Å². The van der Waals surface area contributed by atoms with E-state index in [4.69, 9.17) is 5.73 Å². The van der Waals surface area contributed by atoms with Crippen molar-refractivity contribution < 1.29 is 39.6 Å². The predicted molar refractivity (Wildman–Crippen MR) is 162 cm³/mol. The van der Waals surface area contributed by atoms with Crippen LogP contribution in [-0.4, -0.2) is 78.4 Å². The third-order valence-corrected chi connectivity index (χ3v) is 6.69. The normalized spacial score (nSPS) is 11.0. The van der Waals surface area contributed by atoms with Crippen molar-refractivity contribution in [2.45, 2.75) is 13.8 Å². The lowest BCUT2D eigenvalue weighted by Crippen LogP contribution is -2.13. The molecule has 2 aromatic carbocycles. The first-order valence-corrected chi connectivity index (χ1v) is 13.7. The molecule has 8 N–H and O–H groups in total. The molecule has 0 saturated carbocycles. The summed E-state index contributed by atoms with van der Waals surface area (Å²) in [5, 5.41) is 56.1. The minimum absolute atomic E-state index is 0.0297. The molecule has 0 aliphatic heterocycles. The van der Waals surface area contributed by atoms with Crippen LogP contribution in [0.25, 0.3) is 5.95 Å². The average molecular weight is 661 g/mol. The van der Waals surface area contributed by atoms with Crippen LogP contribution in [-0.2, 0) is 0 Å². The SMILES string of the molecule is Cc1nsc(N=Nc2c(C)nn(-c3nc(Nc4cc(C(=O)O)cc(C(=O)O)c4)nc(Nc4cc(C(=O)O)cc(C(=O)O)c4)n3)c2N)n1. The summed E-state index contributed by atoms with van der Waals surface area (Å²) in [5.41, 5.74) is 5.33. The Bertz CT molecular complexity index is 1970. The number of nitrogen functional groups attached to an aromatic ring is 1. The Balaban J connectivity index is 1.62. The molecule has 0 spiro atoms. The zero-order chi connectivity index (χ0) is 34.0. The molecular weight excluding hydrogens is 640 g/mol. The molecule has 238 valence electrons. The first-order chi connectivity index (χ1) is 22.3.